The topological polar surface area (TPSA) is 74.2 Å². The summed E-state index contributed by atoms with van der Waals surface area (Å²) in [6.45, 7) is 2.82. The molecule has 0 amide bonds. The van der Waals surface area contributed by atoms with Gasteiger partial charge in [0.2, 0.25) is 6.79 Å². The van der Waals surface area contributed by atoms with Gasteiger partial charge in [-0.05, 0) is 76.2 Å². The molecule has 39 heavy (non-hydrogen) atoms. The van der Waals surface area contributed by atoms with E-state index in [-0.39, 0.29) is 12.7 Å². The molecule has 0 spiro atoms. The van der Waals surface area contributed by atoms with E-state index >= 15 is 0 Å². The molecule has 4 aromatic carbocycles. The molecule has 198 valence electrons. The van der Waals surface area contributed by atoms with Crippen molar-refractivity contribution in [3.63, 3.8) is 0 Å². The molecule has 0 aromatic heterocycles. The average Bonchev–Trinajstić information content (AvgIpc) is 3.58. The number of ether oxygens (including phenoxy) is 4. The van der Waals surface area contributed by atoms with E-state index in [0.717, 1.165) is 51.3 Å². The monoisotopic (exact) mass is 522 g/mol. The molecule has 1 heterocycles. The largest absolute Gasteiger partial charge is 0.497 e. The second kappa shape index (κ2) is 10.4. The lowest BCUT2D eigenvalue weighted by molar-refractivity contribution is -0.142. The minimum atomic E-state index is -0.857. The molecule has 3 unspecified atom stereocenters. The van der Waals surface area contributed by atoms with Crippen LogP contribution in [-0.4, -0.2) is 31.6 Å². The molecule has 0 fully saturated rings. The SMILES string of the molecule is CCCOc1ccc2c(c1)C(c1ccc(OC)cc1-c1ccccc1)C(C(=O)O)C2c1ccc2c(c1)OCO2. The van der Waals surface area contributed by atoms with E-state index in [9.17, 15) is 9.90 Å². The van der Waals surface area contributed by atoms with Crippen LogP contribution in [0.5, 0.6) is 23.0 Å². The van der Waals surface area contributed by atoms with Crippen LogP contribution in [0.25, 0.3) is 11.1 Å². The van der Waals surface area contributed by atoms with Crippen molar-refractivity contribution in [2.75, 3.05) is 20.5 Å². The third-order valence-corrected chi connectivity index (χ3v) is 7.64. The van der Waals surface area contributed by atoms with E-state index in [0.29, 0.717) is 18.1 Å². The molecule has 1 N–H and O–H groups in total. The quantitative estimate of drug-likeness (QED) is 0.273. The first kappa shape index (κ1) is 24.9. The van der Waals surface area contributed by atoms with Crippen molar-refractivity contribution in [2.24, 2.45) is 5.92 Å². The molecule has 0 radical (unpaired) electrons. The van der Waals surface area contributed by atoms with Gasteiger partial charge >= 0.3 is 5.97 Å². The van der Waals surface area contributed by atoms with Gasteiger partial charge < -0.3 is 24.1 Å². The Hall–Kier alpha value is -4.45. The highest BCUT2D eigenvalue weighted by Crippen LogP contribution is 2.56. The molecular weight excluding hydrogens is 492 g/mol. The maximum atomic E-state index is 13.2. The maximum absolute atomic E-state index is 13.2. The number of fused-ring (bicyclic) bond motifs is 2. The summed E-state index contributed by atoms with van der Waals surface area (Å²) in [7, 11) is 1.64. The fourth-order valence-corrected chi connectivity index (χ4v) is 5.94. The number of carboxylic acids is 1. The fourth-order valence-electron chi connectivity index (χ4n) is 5.94. The Kier molecular flexibility index (Phi) is 6.61. The zero-order valence-electron chi connectivity index (χ0n) is 21.9. The Morgan fingerprint density at radius 1 is 0.846 bits per heavy atom. The maximum Gasteiger partial charge on any atom is 0.308 e. The number of hydrogen-bond acceptors (Lipinski definition) is 5. The molecule has 6 rings (SSSR count). The molecule has 4 aromatic rings. The van der Waals surface area contributed by atoms with E-state index in [1.807, 2.05) is 84.9 Å². The van der Waals surface area contributed by atoms with Crippen molar-refractivity contribution < 1.29 is 28.8 Å². The first-order chi connectivity index (χ1) is 19.1. The van der Waals surface area contributed by atoms with Crippen LogP contribution in [0.15, 0.2) is 84.9 Å². The third kappa shape index (κ3) is 4.46. The molecule has 0 bridgehead atoms. The van der Waals surface area contributed by atoms with Gasteiger partial charge in [-0.2, -0.15) is 0 Å². The summed E-state index contributed by atoms with van der Waals surface area (Å²) < 4.78 is 22.8. The zero-order valence-corrected chi connectivity index (χ0v) is 21.9. The van der Waals surface area contributed by atoms with Crippen LogP contribution in [0.3, 0.4) is 0 Å². The number of carboxylic acid groups (broad SMARTS) is 1. The second-order valence-electron chi connectivity index (χ2n) is 9.89. The Morgan fingerprint density at radius 2 is 1.62 bits per heavy atom. The van der Waals surface area contributed by atoms with Gasteiger partial charge in [-0.15, -0.1) is 0 Å². The van der Waals surface area contributed by atoms with E-state index in [2.05, 4.69) is 6.92 Å². The van der Waals surface area contributed by atoms with Crippen LogP contribution in [0.4, 0.5) is 0 Å². The van der Waals surface area contributed by atoms with E-state index in [1.54, 1.807) is 7.11 Å². The number of rotatable bonds is 8. The third-order valence-electron chi connectivity index (χ3n) is 7.64. The van der Waals surface area contributed by atoms with Gasteiger partial charge in [-0.1, -0.05) is 55.5 Å². The minimum Gasteiger partial charge on any atom is -0.497 e. The van der Waals surface area contributed by atoms with Crippen LogP contribution in [0, 0.1) is 5.92 Å². The predicted octanol–water partition coefficient (Wildman–Crippen LogP) is 6.86. The van der Waals surface area contributed by atoms with Crippen LogP contribution in [0.2, 0.25) is 0 Å². The van der Waals surface area contributed by atoms with E-state index in [4.69, 9.17) is 18.9 Å². The molecule has 3 atom stereocenters. The smallest absolute Gasteiger partial charge is 0.308 e. The van der Waals surface area contributed by atoms with Crippen LogP contribution in [-0.2, 0) is 4.79 Å². The summed E-state index contributed by atoms with van der Waals surface area (Å²) in [6.07, 6.45) is 0.884. The Bertz CT molecular complexity index is 1510. The highest BCUT2D eigenvalue weighted by Gasteiger charge is 2.47. The lowest BCUT2D eigenvalue weighted by atomic mass is 9.77. The molecule has 6 nitrogen and oxygen atoms in total. The highest BCUT2D eigenvalue weighted by atomic mass is 16.7. The molecule has 1 aliphatic carbocycles. The number of benzene rings is 4. The van der Waals surface area contributed by atoms with Crippen molar-refractivity contribution >= 4 is 5.97 Å². The Balaban J connectivity index is 1.57. The van der Waals surface area contributed by atoms with E-state index < -0.39 is 17.8 Å². The molecule has 0 saturated heterocycles. The van der Waals surface area contributed by atoms with E-state index in [1.165, 1.54) is 0 Å². The number of methoxy groups -OCH3 is 1. The van der Waals surface area contributed by atoms with Gasteiger partial charge in [-0.25, -0.2) is 0 Å². The van der Waals surface area contributed by atoms with Crippen LogP contribution < -0.4 is 18.9 Å². The highest BCUT2D eigenvalue weighted by molar-refractivity contribution is 5.81. The fraction of sp³-hybridized carbons (Fsp3) is 0.242. The first-order valence-corrected chi connectivity index (χ1v) is 13.2. The normalized spacial score (nSPS) is 19.0. The number of hydrogen-bond donors (Lipinski definition) is 1. The molecule has 0 saturated carbocycles. The van der Waals surface area contributed by atoms with Crippen LogP contribution >= 0.6 is 0 Å². The van der Waals surface area contributed by atoms with Gasteiger partial charge in [0, 0.05) is 11.8 Å². The number of carbonyl (C=O) groups is 1. The lowest BCUT2D eigenvalue weighted by Gasteiger charge is -2.25. The van der Waals surface area contributed by atoms with Gasteiger partial charge in [0.25, 0.3) is 0 Å². The van der Waals surface area contributed by atoms with Gasteiger partial charge in [-0.3, -0.25) is 4.79 Å². The zero-order chi connectivity index (χ0) is 26.9. The molecule has 1 aliphatic heterocycles. The van der Waals surface area contributed by atoms with Gasteiger partial charge in [0.05, 0.1) is 19.6 Å². The molecule has 2 aliphatic rings. The minimum absolute atomic E-state index is 0.162. The van der Waals surface area contributed by atoms with Crippen molar-refractivity contribution in [3.8, 4) is 34.1 Å². The summed E-state index contributed by atoms with van der Waals surface area (Å²) in [6, 6.07) is 27.7. The van der Waals surface area contributed by atoms with Crippen molar-refractivity contribution in [2.45, 2.75) is 25.2 Å². The Morgan fingerprint density at radius 3 is 2.38 bits per heavy atom. The lowest BCUT2D eigenvalue weighted by Crippen LogP contribution is -2.24. The van der Waals surface area contributed by atoms with Crippen LogP contribution in [0.1, 0.15) is 47.4 Å². The predicted molar refractivity (Wildman–Crippen MR) is 148 cm³/mol. The van der Waals surface area contributed by atoms with Gasteiger partial charge in [0.1, 0.15) is 11.5 Å². The average molecular weight is 523 g/mol. The molecule has 6 heteroatoms. The summed E-state index contributed by atoms with van der Waals surface area (Å²) in [4.78, 5) is 13.2. The number of aliphatic carboxylic acids is 1. The standard InChI is InChI=1S/C33H30O6/c1-3-15-37-23-11-13-25-27(18-23)31(24-12-10-22(36-2)17-26(24)20-7-5-4-6-8-20)32(33(34)35)30(25)21-9-14-28-29(16-21)39-19-38-28/h4-14,16-18,30-32H,3,15,19H2,1-2H3,(H,34,35). The van der Waals surface area contributed by atoms with Gasteiger partial charge in [0.15, 0.2) is 11.5 Å². The van der Waals surface area contributed by atoms with Crippen molar-refractivity contribution in [1.82, 2.24) is 0 Å². The second-order valence-corrected chi connectivity index (χ2v) is 9.89. The summed E-state index contributed by atoms with van der Waals surface area (Å²) in [5.74, 6) is 0.356. The Labute approximate surface area is 227 Å². The summed E-state index contributed by atoms with van der Waals surface area (Å²) in [5.41, 5.74) is 5.70. The first-order valence-electron chi connectivity index (χ1n) is 13.2. The van der Waals surface area contributed by atoms with Crippen molar-refractivity contribution in [1.29, 1.82) is 0 Å². The van der Waals surface area contributed by atoms with Crippen molar-refractivity contribution in [3.05, 3.63) is 107 Å². The summed E-state index contributed by atoms with van der Waals surface area (Å²) in [5, 5.41) is 10.8. The summed E-state index contributed by atoms with van der Waals surface area (Å²) >= 11 is 0. The molecular formula is C33H30O6.